The van der Waals surface area contributed by atoms with Crippen molar-refractivity contribution in [3.8, 4) is 0 Å². The van der Waals surface area contributed by atoms with E-state index in [4.69, 9.17) is 0 Å². The van der Waals surface area contributed by atoms with Crippen LogP contribution in [0.5, 0.6) is 0 Å². The normalized spacial score (nSPS) is 11.6. The lowest BCUT2D eigenvalue weighted by Crippen LogP contribution is -2.34. The smallest absolute Gasteiger partial charge is 0.263 e. The van der Waals surface area contributed by atoms with E-state index in [2.05, 4.69) is 40.1 Å². The number of thiazole rings is 1. The third-order valence-electron chi connectivity index (χ3n) is 2.82. The van der Waals surface area contributed by atoms with Gasteiger partial charge in [0.25, 0.3) is 5.91 Å². The molecule has 0 aliphatic heterocycles. The first-order valence-corrected chi connectivity index (χ1v) is 8.08. The van der Waals surface area contributed by atoms with E-state index in [-0.39, 0.29) is 11.3 Å². The average Bonchev–Trinajstić information content (AvgIpc) is 2.63. The van der Waals surface area contributed by atoms with Crippen LogP contribution in [0.3, 0.4) is 0 Å². The second-order valence-electron chi connectivity index (χ2n) is 5.29. The Morgan fingerprint density at radius 2 is 2.11 bits per heavy atom. The van der Waals surface area contributed by atoms with E-state index in [1.807, 2.05) is 13.8 Å². The van der Waals surface area contributed by atoms with Crippen molar-refractivity contribution in [2.45, 2.75) is 40.5 Å². The molecule has 0 spiro atoms. The number of carbonyl (C=O) groups excluding carboxylic acids is 1. The molecule has 1 rings (SSSR count). The van der Waals surface area contributed by atoms with Crippen LogP contribution < -0.4 is 5.32 Å². The van der Waals surface area contributed by atoms with Crippen LogP contribution in [-0.4, -0.2) is 22.8 Å². The van der Waals surface area contributed by atoms with Gasteiger partial charge in [0, 0.05) is 11.9 Å². The van der Waals surface area contributed by atoms with Crippen molar-refractivity contribution < 1.29 is 4.79 Å². The van der Waals surface area contributed by atoms with Gasteiger partial charge in [0.2, 0.25) is 0 Å². The molecule has 0 atom stereocenters. The molecule has 0 unspecified atom stereocenters. The molecule has 1 amide bonds. The summed E-state index contributed by atoms with van der Waals surface area (Å²) in [6.45, 7) is 8.87. The highest BCUT2D eigenvalue weighted by atomic mass is 79.9. The summed E-state index contributed by atoms with van der Waals surface area (Å²) in [6, 6.07) is 0. The first-order chi connectivity index (χ1) is 8.35. The highest BCUT2D eigenvalue weighted by Gasteiger charge is 2.20. The lowest BCUT2D eigenvalue weighted by molar-refractivity contribution is 0.0938. The van der Waals surface area contributed by atoms with E-state index in [0.717, 1.165) is 33.8 Å². The summed E-state index contributed by atoms with van der Waals surface area (Å²) < 4.78 is 0. The van der Waals surface area contributed by atoms with Crippen LogP contribution in [0.2, 0.25) is 0 Å². The van der Waals surface area contributed by atoms with Crippen molar-refractivity contribution >= 4 is 33.2 Å². The number of nitrogens with one attached hydrogen (secondary N) is 1. The van der Waals surface area contributed by atoms with Crippen molar-refractivity contribution in [2.24, 2.45) is 5.41 Å². The molecule has 1 N–H and O–H groups in total. The van der Waals surface area contributed by atoms with Gasteiger partial charge in [-0.15, -0.1) is 11.3 Å². The van der Waals surface area contributed by atoms with Crippen molar-refractivity contribution in [3.05, 3.63) is 15.6 Å². The molecule has 0 aliphatic carbocycles. The van der Waals surface area contributed by atoms with Crippen molar-refractivity contribution in [1.29, 1.82) is 0 Å². The van der Waals surface area contributed by atoms with Gasteiger partial charge in [-0.25, -0.2) is 4.98 Å². The van der Waals surface area contributed by atoms with Gasteiger partial charge in [-0.3, -0.25) is 4.79 Å². The highest BCUT2D eigenvalue weighted by Crippen LogP contribution is 2.22. The largest absolute Gasteiger partial charge is 0.351 e. The van der Waals surface area contributed by atoms with Crippen LogP contribution in [0.15, 0.2) is 0 Å². The predicted molar refractivity (Wildman–Crippen MR) is 80.7 cm³/mol. The molecule has 0 saturated heterocycles. The molecular weight excluding hydrogens is 312 g/mol. The van der Waals surface area contributed by atoms with Crippen LogP contribution in [-0.2, 0) is 0 Å². The van der Waals surface area contributed by atoms with Crippen LogP contribution >= 0.6 is 27.3 Å². The summed E-state index contributed by atoms with van der Waals surface area (Å²) in [5.41, 5.74) is 0.963. The Labute approximate surface area is 122 Å². The number of hydrogen-bond acceptors (Lipinski definition) is 3. The fourth-order valence-electron chi connectivity index (χ4n) is 1.78. The lowest BCUT2D eigenvalue weighted by atomic mass is 9.88. The van der Waals surface area contributed by atoms with Crippen molar-refractivity contribution in [1.82, 2.24) is 10.3 Å². The number of halogens is 1. The zero-order valence-electron chi connectivity index (χ0n) is 11.5. The zero-order valence-corrected chi connectivity index (χ0v) is 13.9. The van der Waals surface area contributed by atoms with Gasteiger partial charge in [-0.2, -0.15) is 0 Å². The van der Waals surface area contributed by atoms with E-state index in [1.165, 1.54) is 11.3 Å². The Hall–Kier alpha value is -0.420. The maximum Gasteiger partial charge on any atom is 0.263 e. The van der Waals surface area contributed by atoms with E-state index in [0.29, 0.717) is 6.54 Å². The number of alkyl halides is 1. The standard InChI is InChI=1S/C13H21BrN2OS/c1-9-11(18-10(2)16-9)12(17)15-8-13(3,4)6-5-7-14/h5-8H2,1-4H3,(H,15,17). The number of aromatic nitrogens is 1. The Kier molecular flexibility index (Phi) is 5.79. The molecule has 3 nitrogen and oxygen atoms in total. The Morgan fingerprint density at radius 1 is 1.44 bits per heavy atom. The maximum absolute atomic E-state index is 12.0. The number of carbonyl (C=O) groups is 1. The van der Waals surface area contributed by atoms with E-state index < -0.39 is 0 Å². The topological polar surface area (TPSA) is 42.0 Å². The monoisotopic (exact) mass is 332 g/mol. The molecule has 0 aliphatic rings. The molecule has 1 aromatic heterocycles. The van der Waals surface area contributed by atoms with Gasteiger partial charge >= 0.3 is 0 Å². The van der Waals surface area contributed by atoms with Crippen LogP contribution in [0.4, 0.5) is 0 Å². The summed E-state index contributed by atoms with van der Waals surface area (Å²) in [7, 11) is 0. The molecular formula is C13H21BrN2OS. The predicted octanol–water partition coefficient (Wildman–Crippen LogP) is 3.69. The number of rotatable bonds is 6. The minimum absolute atomic E-state index is 0.00465. The maximum atomic E-state index is 12.0. The molecule has 0 bridgehead atoms. The number of nitrogens with zero attached hydrogens (tertiary/aromatic N) is 1. The molecule has 18 heavy (non-hydrogen) atoms. The lowest BCUT2D eigenvalue weighted by Gasteiger charge is -2.24. The third-order valence-corrected chi connectivity index (χ3v) is 4.46. The van der Waals surface area contributed by atoms with Gasteiger partial charge in [0.15, 0.2) is 0 Å². The van der Waals surface area contributed by atoms with E-state index in [9.17, 15) is 4.79 Å². The summed E-state index contributed by atoms with van der Waals surface area (Å²) in [5, 5.41) is 4.97. The Balaban J connectivity index is 2.53. The summed E-state index contributed by atoms with van der Waals surface area (Å²) in [4.78, 5) is 17.1. The van der Waals surface area contributed by atoms with Crippen molar-refractivity contribution in [2.75, 3.05) is 11.9 Å². The highest BCUT2D eigenvalue weighted by molar-refractivity contribution is 9.09. The minimum atomic E-state index is 0.00465. The Morgan fingerprint density at radius 3 is 2.61 bits per heavy atom. The van der Waals surface area contributed by atoms with E-state index in [1.54, 1.807) is 0 Å². The number of hydrogen-bond donors (Lipinski definition) is 1. The fourth-order valence-corrected chi connectivity index (χ4v) is 2.89. The molecule has 1 heterocycles. The van der Waals surface area contributed by atoms with Crippen molar-refractivity contribution in [3.63, 3.8) is 0 Å². The van der Waals surface area contributed by atoms with Crippen LogP contribution in [0.25, 0.3) is 0 Å². The van der Waals surface area contributed by atoms with Gasteiger partial charge in [0.1, 0.15) is 4.88 Å². The molecule has 0 radical (unpaired) electrons. The minimum Gasteiger partial charge on any atom is -0.351 e. The molecule has 102 valence electrons. The van der Waals surface area contributed by atoms with Crippen LogP contribution in [0, 0.1) is 19.3 Å². The number of aryl methyl sites for hydroxylation is 2. The average molecular weight is 333 g/mol. The quantitative estimate of drug-likeness (QED) is 0.807. The molecule has 0 saturated carbocycles. The van der Waals surface area contributed by atoms with E-state index >= 15 is 0 Å². The van der Waals surface area contributed by atoms with Crippen LogP contribution in [0.1, 0.15) is 47.1 Å². The first kappa shape index (κ1) is 15.6. The second kappa shape index (κ2) is 6.66. The SMILES string of the molecule is Cc1nc(C)c(C(=O)NCC(C)(C)CCCBr)s1. The van der Waals surface area contributed by atoms with Gasteiger partial charge in [-0.1, -0.05) is 29.8 Å². The molecule has 0 fully saturated rings. The first-order valence-electron chi connectivity index (χ1n) is 6.14. The summed E-state index contributed by atoms with van der Waals surface area (Å²) in [6.07, 6.45) is 2.22. The van der Waals surface area contributed by atoms with Gasteiger partial charge < -0.3 is 5.32 Å². The number of amides is 1. The van der Waals surface area contributed by atoms with Gasteiger partial charge in [0.05, 0.1) is 10.7 Å². The molecule has 1 aromatic rings. The summed E-state index contributed by atoms with van der Waals surface area (Å²) in [5.74, 6) is 0.00465. The van der Waals surface area contributed by atoms with Gasteiger partial charge in [-0.05, 0) is 32.1 Å². The second-order valence-corrected chi connectivity index (χ2v) is 7.28. The third kappa shape index (κ3) is 4.69. The summed E-state index contributed by atoms with van der Waals surface area (Å²) >= 11 is 4.90. The molecule has 5 heteroatoms. The Bertz CT molecular complexity index is 415. The fraction of sp³-hybridized carbons (Fsp3) is 0.692. The molecule has 0 aromatic carbocycles. The zero-order chi connectivity index (χ0) is 13.8.